The molecule has 11 heteroatoms. The normalized spacial score (nSPS) is 10.6. The van der Waals surface area contributed by atoms with Crippen molar-refractivity contribution in [3.05, 3.63) is 44.3 Å². The summed E-state index contributed by atoms with van der Waals surface area (Å²) in [4.78, 5) is 24.3. The molecule has 0 fully saturated rings. The first-order valence-electron chi connectivity index (χ1n) is 8.38. The van der Waals surface area contributed by atoms with Gasteiger partial charge in [0.2, 0.25) is 5.75 Å². The standard InChI is InChI=1S/C19H19Br2N3O6/c1-28-14-6-11(7-15(29-2)18(14)30-3)19(27)22-9-16(25)24-23-8-10-4-12(20)17(26)13(21)5-10/h4-8,26H,9H2,1-3H3,(H,22,27)(H,24,25). The fourth-order valence-corrected chi connectivity index (χ4v) is 3.57. The van der Waals surface area contributed by atoms with Crippen molar-refractivity contribution in [2.45, 2.75) is 0 Å². The van der Waals surface area contributed by atoms with Gasteiger partial charge < -0.3 is 24.6 Å². The molecule has 0 aliphatic rings. The van der Waals surface area contributed by atoms with Gasteiger partial charge in [-0.05, 0) is 61.7 Å². The van der Waals surface area contributed by atoms with E-state index in [9.17, 15) is 14.7 Å². The highest BCUT2D eigenvalue weighted by molar-refractivity contribution is 9.11. The second-order valence-corrected chi connectivity index (χ2v) is 7.43. The molecule has 2 aromatic carbocycles. The van der Waals surface area contributed by atoms with Crippen molar-refractivity contribution in [3.63, 3.8) is 0 Å². The molecular weight excluding hydrogens is 526 g/mol. The fraction of sp³-hybridized carbons (Fsp3) is 0.211. The van der Waals surface area contributed by atoms with Gasteiger partial charge in [-0.3, -0.25) is 9.59 Å². The molecule has 0 aliphatic carbocycles. The van der Waals surface area contributed by atoms with Crippen molar-refractivity contribution in [1.29, 1.82) is 0 Å². The Labute approximate surface area is 189 Å². The third kappa shape index (κ3) is 5.86. The Morgan fingerprint density at radius 3 is 2.10 bits per heavy atom. The van der Waals surface area contributed by atoms with Crippen molar-refractivity contribution in [2.24, 2.45) is 5.10 Å². The maximum absolute atomic E-state index is 12.4. The van der Waals surface area contributed by atoms with E-state index < -0.39 is 11.8 Å². The zero-order chi connectivity index (χ0) is 22.3. The van der Waals surface area contributed by atoms with Crippen LogP contribution < -0.4 is 25.0 Å². The first-order chi connectivity index (χ1) is 14.3. The highest BCUT2D eigenvalue weighted by atomic mass is 79.9. The Morgan fingerprint density at radius 2 is 1.60 bits per heavy atom. The lowest BCUT2D eigenvalue weighted by Gasteiger charge is -2.14. The molecule has 0 unspecified atom stereocenters. The van der Waals surface area contributed by atoms with Crippen LogP contribution in [-0.4, -0.2) is 51.0 Å². The number of carbonyl (C=O) groups is 2. The lowest BCUT2D eigenvalue weighted by molar-refractivity contribution is -0.120. The molecule has 0 aromatic heterocycles. The number of rotatable bonds is 8. The smallest absolute Gasteiger partial charge is 0.259 e. The zero-order valence-electron chi connectivity index (χ0n) is 16.3. The van der Waals surface area contributed by atoms with Crippen molar-refractivity contribution in [3.8, 4) is 23.0 Å². The van der Waals surface area contributed by atoms with Crippen LogP contribution in [0, 0.1) is 0 Å². The number of hydrogen-bond acceptors (Lipinski definition) is 7. The summed E-state index contributed by atoms with van der Waals surface area (Å²) in [6.45, 7) is -0.296. The average molecular weight is 545 g/mol. The van der Waals surface area contributed by atoms with Gasteiger partial charge in [-0.2, -0.15) is 5.10 Å². The SMILES string of the molecule is COc1cc(C(=O)NCC(=O)NN=Cc2cc(Br)c(O)c(Br)c2)cc(OC)c1OC. The first kappa shape index (κ1) is 23.5. The van der Waals surface area contributed by atoms with E-state index in [1.165, 1.54) is 39.7 Å². The molecule has 9 nitrogen and oxygen atoms in total. The van der Waals surface area contributed by atoms with Crippen LogP contribution in [-0.2, 0) is 4.79 Å². The Kier molecular flexibility index (Phi) is 8.48. The molecule has 0 saturated heterocycles. The maximum Gasteiger partial charge on any atom is 0.259 e. The molecule has 0 heterocycles. The van der Waals surface area contributed by atoms with E-state index in [0.29, 0.717) is 31.8 Å². The summed E-state index contributed by atoms with van der Waals surface area (Å²) < 4.78 is 16.6. The highest BCUT2D eigenvalue weighted by Gasteiger charge is 2.17. The predicted molar refractivity (Wildman–Crippen MR) is 118 cm³/mol. The van der Waals surface area contributed by atoms with Gasteiger partial charge in [-0.1, -0.05) is 0 Å². The molecular formula is C19H19Br2N3O6. The van der Waals surface area contributed by atoms with Crippen LogP contribution in [0.25, 0.3) is 0 Å². The Balaban J connectivity index is 1.97. The summed E-state index contributed by atoms with van der Waals surface area (Å²) in [6, 6.07) is 6.21. The molecule has 0 aliphatic heterocycles. The lowest BCUT2D eigenvalue weighted by Crippen LogP contribution is -2.34. The van der Waals surface area contributed by atoms with Crippen LogP contribution in [0.5, 0.6) is 23.0 Å². The van der Waals surface area contributed by atoms with E-state index >= 15 is 0 Å². The lowest BCUT2D eigenvalue weighted by atomic mass is 10.1. The number of aromatic hydroxyl groups is 1. The quantitative estimate of drug-likeness (QED) is 0.347. The topological polar surface area (TPSA) is 118 Å². The summed E-state index contributed by atoms with van der Waals surface area (Å²) in [5, 5.41) is 16.0. The number of amides is 2. The number of hydrazone groups is 1. The Morgan fingerprint density at radius 1 is 1.03 bits per heavy atom. The number of benzene rings is 2. The molecule has 2 rings (SSSR count). The molecule has 0 atom stereocenters. The van der Waals surface area contributed by atoms with Crippen molar-refractivity contribution < 1.29 is 28.9 Å². The third-order valence-corrected chi connectivity index (χ3v) is 4.99. The Hall–Kier alpha value is -2.79. The van der Waals surface area contributed by atoms with Gasteiger partial charge in [-0.25, -0.2) is 5.43 Å². The van der Waals surface area contributed by atoms with Crippen LogP contribution in [0.2, 0.25) is 0 Å². The molecule has 0 spiro atoms. The Bertz CT molecular complexity index is 933. The highest BCUT2D eigenvalue weighted by Crippen LogP contribution is 2.38. The van der Waals surface area contributed by atoms with Gasteiger partial charge in [0.1, 0.15) is 5.75 Å². The van der Waals surface area contributed by atoms with E-state index in [1.54, 1.807) is 12.1 Å². The number of hydrogen-bond donors (Lipinski definition) is 3. The average Bonchev–Trinajstić information content (AvgIpc) is 2.74. The second kappa shape index (κ2) is 10.8. The molecule has 30 heavy (non-hydrogen) atoms. The van der Waals surface area contributed by atoms with E-state index in [1.807, 2.05) is 0 Å². The number of carbonyl (C=O) groups excluding carboxylic acids is 2. The van der Waals surface area contributed by atoms with Gasteiger partial charge in [0.05, 0.1) is 43.0 Å². The molecule has 2 aromatic rings. The first-order valence-corrected chi connectivity index (χ1v) is 9.97. The number of ether oxygens (including phenoxy) is 3. The van der Waals surface area contributed by atoms with Crippen LogP contribution in [0.15, 0.2) is 38.3 Å². The van der Waals surface area contributed by atoms with Crippen LogP contribution in [0.4, 0.5) is 0 Å². The molecule has 0 radical (unpaired) electrons. The molecule has 0 bridgehead atoms. The summed E-state index contributed by atoms with van der Waals surface area (Å²) in [5.41, 5.74) is 3.18. The predicted octanol–water partition coefficient (Wildman–Crippen LogP) is 2.82. The number of phenols is 1. The second-order valence-electron chi connectivity index (χ2n) is 5.72. The summed E-state index contributed by atoms with van der Waals surface area (Å²) >= 11 is 6.42. The van der Waals surface area contributed by atoms with Crippen molar-refractivity contribution >= 4 is 49.9 Å². The van der Waals surface area contributed by atoms with Crippen molar-refractivity contribution in [1.82, 2.24) is 10.7 Å². The number of nitrogens with zero attached hydrogens (tertiary/aromatic N) is 1. The molecule has 0 saturated carbocycles. The van der Waals surface area contributed by atoms with Crippen molar-refractivity contribution in [2.75, 3.05) is 27.9 Å². The summed E-state index contributed by atoms with van der Waals surface area (Å²) in [6.07, 6.45) is 1.40. The molecule has 160 valence electrons. The van der Waals surface area contributed by atoms with Gasteiger partial charge in [0.15, 0.2) is 11.5 Å². The van der Waals surface area contributed by atoms with E-state index in [4.69, 9.17) is 14.2 Å². The number of halogens is 2. The van der Waals surface area contributed by atoms with E-state index in [-0.39, 0.29) is 17.9 Å². The monoisotopic (exact) mass is 543 g/mol. The van der Waals surface area contributed by atoms with Gasteiger partial charge >= 0.3 is 0 Å². The minimum atomic E-state index is -0.524. The third-order valence-electron chi connectivity index (χ3n) is 3.78. The summed E-state index contributed by atoms with van der Waals surface area (Å²) in [7, 11) is 4.34. The van der Waals surface area contributed by atoms with Gasteiger partial charge in [0.25, 0.3) is 11.8 Å². The van der Waals surface area contributed by atoms with E-state index in [2.05, 4.69) is 47.7 Å². The van der Waals surface area contributed by atoms with Crippen LogP contribution in [0.1, 0.15) is 15.9 Å². The summed E-state index contributed by atoms with van der Waals surface area (Å²) in [5.74, 6) is 0.0371. The molecule has 3 N–H and O–H groups in total. The number of nitrogens with one attached hydrogen (secondary N) is 2. The molecule has 2 amide bonds. The van der Waals surface area contributed by atoms with E-state index in [0.717, 1.165) is 0 Å². The van der Waals surface area contributed by atoms with Gasteiger partial charge in [-0.15, -0.1) is 0 Å². The zero-order valence-corrected chi connectivity index (χ0v) is 19.5. The van der Waals surface area contributed by atoms with Crippen LogP contribution in [0.3, 0.4) is 0 Å². The maximum atomic E-state index is 12.4. The van der Waals surface area contributed by atoms with Gasteiger partial charge in [0, 0.05) is 5.56 Å². The minimum absolute atomic E-state index is 0.0608. The van der Waals surface area contributed by atoms with Crippen LogP contribution >= 0.6 is 31.9 Å². The largest absolute Gasteiger partial charge is 0.506 e. The minimum Gasteiger partial charge on any atom is -0.506 e. The number of phenolic OH excluding ortho intramolecular Hbond substituents is 1. The number of methoxy groups -OCH3 is 3. The fourth-order valence-electron chi connectivity index (χ4n) is 2.35.